The SMILES string of the molecule is CC(=O)Oc1ccc([As+](C)(c2ccc(OC(C)=O)cc2)c2ccc(OC(C)=O)cc2)cc1.Cc1ccc(S(=O)(=O)[O-])cc1. The molecule has 9 nitrogen and oxygen atoms in total. The van der Waals surface area contributed by atoms with Gasteiger partial charge in [0.15, 0.2) is 0 Å². The van der Waals surface area contributed by atoms with Crippen molar-refractivity contribution in [3.8, 4) is 17.2 Å². The van der Waals surface area contributed by atoms with E-state index in [9.17, 15) is 27.4 Å². The van der Waals surface area contributed by atoms with E-state index < -0.39 is 23.7 Å². The summed E-state index contributed by atoms with van der Waals surface area (Å²) in [7, 11) is -4.27. The minimum absolute atomic E-state index is 0.178. The van der Waals surface area contributed by atoms with Crippen LogP contribution in [-0.2, 0) is 24.5 Å². The Labute approximate surface area is 253 Å². The van der Waals surface area contributed by atoms with Gasteiger partial charge in [0, 0.05) is 0 Å². The molecule has 11 heteroatoms. The van der Waals surface area contributed by atoms with Crippen LogP contribution in [0.1, 0.15) is 26.3 Å². The van der Waals surface area contributed by atoms with Crippen LogP contribution in [0.25, 0.3) is 0 Å². The number of benzene rings is 4. The molecule has 0 saturated heterocycles. The molecule has 0 heterocycles. The van der Waals surface area contributed by atoms with Gasteiger partial charge in [0.2, 0.25) is 0 Å². The second-order valence-electron chi connectivity index (χ2n) is 9.54. The topological polar surface area (TPSA) is 136 Å². The molecule has 0 saturated carbocycles. The van der Waals surface area contributed by atoms with E-state index in [1.807, 2.05) is 43.3 Å². The molecule has 224 valence electrons. The molecule has 0 radical (unpaired) electrons. The number of carbonyl (C=O) groups excluding carboxylic acids is 3. The van der Waals surface area contributed by atoms with Crippen molar-refractivity contribution in [2.75, 3.05) is 0 Å². The normalized spacial score (nSPS) is 11.0. The zero-order valence-electron chi connectivity index (χ0n) is 24.3. The molecule has 0 aromatic heterocycles. The van der Waals surface area contributed by atoms with Crippen LogP contribution in [0.3, 0.4) is 0 Å². The number of rotatable bonds is 7. The summed E-state index contributed by atoms with van der Waals surface area (Å²) in [6.07, 6.45) is 0. The average molecular weight is 667 g/mol. The first-order valence-corrected chi connectivity index (χ1v) is 19.0. The number of ether oxygens (including phenoxy) is 3. The summed E-state index contributed by atoms with van der Waals surface area (Å²) in [6.45, 7) is 5.92. The van der Waals surface area contributed by atoms with Gasteiger partial charge in [-0.05, 0) is 19.1 Å². The quantitative estimate of drug-likeness (QED) is 0.126. The molecule has 43 heavy (non-hydrogen) atoms. The summed E-state index contributed by atoms with van der Waals surface area (Å²) < 4.78 is 50.1. The molecule has 0 amide bonds. The Kier molecular flexibility index (Phi) is 11.1. The fraction of sp³-hybridized carbons (Fsp3) is 0.156. The third kappa shape index (κ3) is 9.38. The van der Waals surface area contributed by atoms with Gasteiger partial charge in [-0.15, -0.1) is 0 Å². The van der Waals surface area contributed by atoms with Crippen LogP contribution in [0.5, 0.6) is 17.2 Å². The Morgan fingerprint density at radius 1 is 0.558 bits per heavy atom. The number of hydrogen-bond donors (Lipinski definition) is 0. The standard InChI is InChI=1S/C25H24AsO6.C7H8O3S/c1-17(27)30-23-11-5-20(6-12-23)26(4,21-7-13-24(14-8-21)31-18(2)28)22-9-15-25(16-10-22)32-19(3)29;1-6-2-4-7(5-3-6)11(8,9)10/h5-16H,1-4H3;2-5H,1H3,(H,8,9,10)/q+1;/p-1. The predicted molar refractivity (Wildman–Crippen MR) is 163 cm³/mol. The van der Waals surface area contributed by atoms with Gasteiger partial charge in [-0.2, -0.15) is 0 Å². The second-order valence-corrected chi connectivity index (χ2v) is 18.4. The van der Waals surface area contributed by atoms with Crippen LogP contribution < -0.4 is 27.3 Å². The Balaban J connectivity index is 0.000000386. The van der Waals surface area contributed by atoms with Crippen LogP contribution in [0, 0.1) is 6.92 Å². The maximum atomic E-state index is 11.3. The minimum atomic E-state index is -4.27. The predicted octanol–water partition coefficient (Wildman–Crippen LogP) is 3.46. The third-order valence-electron chi connectivity index (χ3n) is 6.15. The monoisotopic (exact) mass is 666 g/mol. The molecule has 0 N–H and O–H groups in total. The first-order chi connectivity index (χ1) is 20.2. The maximum Gasteiger partial charge on any atom is 0.124 e. The minimum Gasteiger partial charge on any atom is -0.744 e. The van der Waals surface area contributed by atoms with Gasteiger partial charge in [0.1, 0.15) is 10.1 Å². The fourth-order valence-electron chi connectivity index (χ4n) is 4.09. The van der Waals surface area contributed by atoms with Crippen LogP contribution in [0.15, 0.2) is 102 Å². The first-order valence-electron chi connectivity index (χ1n) is 12.9. The molecule has 0 spiro atoms. The number of hydrogen-bond acceptors (Lipinski definition) is 9. The summed E-state index contributed by atoms with van der Waals surface area (Å²) in [5.41, 5.74) is 3.17. The Morgan fingerprint density at radius 3 is 1.07 bits per heavy atom. The van der Waals surface area contributed by atoms with Crippen molar-refractivity contribution in [1.82, 2.24) is 0 Å². The van der Waals surface area contributed by atoms with Crippen molar-refractivity contribution >= 4 is 54.6 Å². The molecule has 4 aromatic rings. The van der Waals surface area contributed by atoms with Crippen molar-refractivity contribution in [3.63, 3.8) is 0 Å². The van der Waals surface area contributed by atoms with Gasteiger partial charge in [0.25, 0.3) is 0 Å². The van der Waals surface area contributed by atoms with Crippen molar-refractivity contribution in [2.45, 2.75) is 38.3 Å². The summed E-state index contributed by atoms with van der Waals surface area (Å²) in [4.78, 5) is 33.6. The molecular formula is C32H31AsO9S. The molecule has 0 aliphatic heterocycles. The first kappa shape index (κ1) is 33.3. The van der Waals surface area contributed by atoms with Crippen LogP contribution in [0.4, 0.5) is 0 Å². The summed E-state index contributed by atoms with van der Waals surface area (Å²) >= 11 is -2.94. The van der Waals surface area contributed by atoms with Crippen molar-refractivity contribution in [3.05, 3.63) is 103 Å². The molecule has 0 fully saturated rings. The van der Waals surface area contributed by atoms with E-state index in [0.717, 1.165) is 18.6 Å². The van der Waals surface area contributed by atoms with Gasteiger partial charge in [-0.1, -0.05) is 17.7 Å². The molecular weight excluding hydrogens is 635 g/mol. The fourth-order valence-corrected chi connectivity index (χ4v) is 11.1. The van der Waals surface area contributed by atoms with Crippen molar-refractivity contribution in [2.24, 2.45) is 0 Å². The van der Waals surface area contributed by atoms with Gasteiger partial charge in [0.05, 0.1) is 4.90 Å². The molecule has 0 aliphatic rings. The molecule has 0 atom stereocenters. The Hall–Kier alpha value is -4.24. The van der Waals surface area contributed by atoms with E-state index in [0.29, 0.717) is 17.2 Å². The zero-order valence-corrected chi connectivity index (χ0v) is 27.0. The number of carbonyl (C=O) groups is 3. The van der Waals surface area contributed by atoms with E-state index in [4.69, 9.17) is 14.2 Å². The summed E-state index contributed by atoms with van der Waals surface area (Å²) in [6, 6.07) is 28.4. The van der Waals surface area contributed by atoms with Gasteiger partial charge < -0.3 is 4.55 Å². The largest absolute Gasteiger partial charge is 0.744 e. The van der Waals surface area contributed by atoms with Gasteiger partial charge in [-0.25, -0.2) is 8.42 Å². The van der Waals surface area contributed by atoms with E-state index in [2.05, 4.69) is 5.71 Å². The van der Waals surface area contributed by atoms with E-state index >= 15 is 0 Å². The molecule has 4 rings (SSSR count). The third-order valence-corrected chi connectivity index (χ3v) is 15.4. The van der Waals surface area contributed by atoms with Gasteiger partial charge >= 0.3 is 190 Å². The van der Waals surface area contributed by atoms with E-state index in [1.54, 1.807) is 48.5 Å². The molecule has 0 bridgehead atoms. The Morgan fingerprint density at radius 2 is 0.837 bits per heavy atom. The number of aryl methyl sites for hydroxylation is 1. The van der Waals surface area contributed by atoms with E-state index in [1.165, 1.54) is 32.9 Å². The Bertz CT molecular complexity index is 1540. The number of esters is 3. The van der Waals surface area contributed by atoms with Crippen LogP contribution >= 0.6 is 0 Å². The molecule has 0 aliphatic carbocycles. The second kappa shape index (κ2) is 14.3. The van der Waals surface area contributed by atoms with Crippen molar-refractivity contribution in [1.29, 1.82) is 0 Å². The van der Waals surface area contributed by atoms with Gasteiger partial charge in [-0.3, -0.25) is 0 Å². The zero-order chi connectivity index (χ0) is 31.8. The maximum absolute atomic E-state index is 11.3. The average Bonchev–Trinajstić information content (AvgIpc) is 2.93. The summed E-state index contributed by atoms with van der Waals surface area (Å²) in [5, 5.41) is 0. The molecule has 4 aromatic carbocycles. The van der Waals surface area contributed by atoms with E-state index in [-0.39, 0.29) is 22.8 Å². The van der Waals surface area contributed by atoms with Crippen molar-refractivity contribution < 1.29 is 41.6 Å². The van der Waals surface area contributed by atoms with Crippen LogP contribution in [-0.4, -0.2) is 44.4 Å². The van der Waals surface area contributed by atoms with Crippen LogP contribution in [0.2, 0.25) is 5.71 Å². The molecule has 0 unspecified atom stereocenters. The summed E-state index contributed by atoms with van der Waals surface area (Å²) in [5.74, 6) is 0.337. The smallest absolute Gasteiger partial charge is 0.124 e.